The average molecular weight is 427 g/mol. The minimum absolute atomic E-state index is 0.0349. The monoisotopic (exact) mass is 426 g/mol. The standard InChI is InChI=1S/C28H30N2O2/c1-20(2)21-12-14-26(15-13-21)29-27(31)24-16-18-30(19-17-24)28(32)25-10-8-23(9-11-25)22-6-4-3-5-7-22/h3-15,20,24H,16-19H2,1-2H3,(H,29,31). The molecular weight excluding hydrogens is 396 g/mol. The Labute approximate surface area is 190 Å². The highest BCUT2D eigenvalue weighted by atomic mass is 16.2. The van der Waals surface area contributed by atoms with Gasteiger partial charge in [-0.25, -0.2) is 0 Å². The van der Waals surface area contributed by atoms with Crippen LogP contribution in [0.3, 0.4) is 0 Å². The van der Waals surface area contributed by atoms with E-state index in [-0.39, 0.29) is 17.7 Å². The lowest BCUT2D eigenvalue weighted by Crippen LogP contribution is -2.41. The van der Waals surface area contributed by atoms with Crippen LogP contribution in [0.5, 0.6) is 0 Å². The fraction of sp³-hybridized carbons (Fsp3) is 0.286. The van der Waals surface area contributed by atoms with Crippen LogP contribution in [0.25, 0.3) is 11.1 Å². The fourth-order valence-electron chi connectivity index (χ4n) is 4.16. The van der Waals surface area contributed by atoms with E-state index in [2.05, 4.69) is 43.4 Å². The van der Waals surface area contributed by atoms with Gasteiger partial charge in [-0.15, -0.1) is 0 Å². The molecular formula is C28H30N2O2. The van der Waals surface area contributed by atoms with Gasteiger partial charge in [0.15, 0.2) is 0 Å². The third-order valence-corrected chi connectivity index (χ3v) is 6.24. The minimum atomic E-state index is -0.0655. The lowest BCUT2D eigenvalue weighted by molar-refractivity contribution is -0.121. The van der Waals surface area contributed by atoms with E-state index < -0.39 is 0 Å². The smallest absolute Gasteiger partial charge is 0.253 e. The van der Waals surface area contributed by atoms with Crippen molar-refractivity contribution in [2.45, 2.75) is 32.6 Å². The molecule has 1 aliphatic rings. The number of likely N-dealkylation sites (tertiary alicyclic amines) is 1. The van der Waals surface area contributed by atoms with Gasteiger partial charge in [-0.2, -0.15) is 0 Å². The molecule has 0 aliphatic carbocycles. The number of carbonyl (C=O) groups excluding carboxylic acids is 2. The van der Waals surface area contributed by atoms with E-state index in [4.69, 9.17) is 0 Å². The van der Waals surface area contributed by atoms with Gasteiger partial charge in [-0.1, -0.05) is 68.4 Å². The topological polar surface area (TPSA) is 49.4 Å². The van der Waals surface area contributed by atoms with Gasteiger partial charge in [0, 0.05) is 30.3 Å². The Morgan fingerprint density at radius 1 is 0.812 bits per heavy atom. The third kappa shape index (κ3) is 5.08. The molecule has 4 nitrogen and oxygen atoms in total. The molecule has 0 bridgehead atoms. The molecule has 0 radical (unpaired) electrons. The van der Waals surface area contributed by atoms with Crippen molar-refractivity contribution in [3.8, 4) is 11.1 Å². The summed E-state index contributed by atoms with van der Waals surface area (Å²) in [7, 11) is 0. The maximum absolute atomic E-state index is 12.9. The van der Waals surface area contributed by atoms with Gasteiger partial charge in [0.25, 0.3) is 5.91 Å². The zero-order valence-electron chi connectivity index (χ0n) is 18.8. The number of benzene rings is 3. The second-order valence-corrected chi connectivity index (χ2v) is 8.78. The summed E-state index contributed by atoms with van der Waals surface area (Å²) in [6.45, 7) is 5.51. The molecule has 0 unspecified atom stereocenters. The van der Waals surface area contributed by atoms with Crippen LogP contribution in [-0.4, -0.2) is 29.8 Å². The zero-order chi connectivity index (χ0) is 22.5. The molecule has 3 aromatic rings. The van der Waals surface area contributed by atoms with Crippen molar-refractivity contribution in [3.63, 3.8) is 0 Å². The minimum Gasteiger partial charge on any atom is -0.339 e. The summed E-state index contributed by atoms with van der Waals surface area (Å²) in [5.74, 6) is 0.481. The molecule has 1 fully saturated rings. The molecule has 1 heterocycles. The van der Waals surface area contributed by atoms with Crippen LogP contribution in [-0.2, 0) is 4.79 Å². The molecule has 3 aromatic carbocycles. The van der Waals surface area contributed by atoms with Crippen molar-refractivity contribution in [3.05, 3.63) is 90.0 Å². The normalized spacial score (nSPS) is 14.4. The molecule has 32 heavy (non-hydrogen) atoms. The summed E-state index contributed by atoms with van der Waals surface area (Å²) in [5, 5.41) is 3.03. The Morgan fingerprint density at radius 2 is 1.41 bits per heavy atom. The molecule has 4 rings (SSSR count). The average Bonchev–Trinajstić information content (AvgIpc) is 2.84. The van der Waals surface area contributed by atoms with Crippen molar-refractivity contribution < 1.29 is 9.59 Å². The second-order valence-electron chi connectivity index (χ2n) is 8.78. The van der Waals surface area contributed by atoms with Crippen LogP contribution < -0.4 is 5.32 Å². The van der Waals surface area contributed by atoms with E-state index in [9.17, 15) is 9.59 Å². The van der Waals surface area contributed by atoms with Gasteiger partial charge in [-0.05, 0) is 59.7 Å². The van der Waals surface area contributed by atoms with Gasteiger partial charge in [0.05, 0.1) is 0 Å². The first-order valence-electron chi connectivity index (χ1n) is 11.4. The summed E-state index contributed by atoms with van der Waals surface area (Å²) in [5.41, 5.74) is 5.01. The van der Waals surface area contributed by atoms with Crippen LogP contribution in [0.2, 0.25) is 0 Å². The Bertz CT molecular complexity index is 1050. The Balaban J connectivity index is 1.31. The van der Waals surface area contributed by atoms with Gasteiger partial charge in [0.1, 0.15) is 0 Å². The van der Waals surface area contributed by atoms with E-state index in [1.54, 1.807) is 0 Å². The molecule has 164 valence electrons. The van der Waals surface area contributed by atoms with Crippen molar-refractivity contribution in [2.75, 3.05) is 18.4 Å². The number of anilines is 1. The largest absolute Gasteiger partial charge is 0.339 e. The van der Waals surface area contributed by atoms with Crippen LogP contribution in [0.15, 0.2) is 78.9 Å². The predicted molar refractivity (Wildman–Crippen MR) is 130 cm³/mol. The van der Waals surface area contributed by atoms with Crippen LogP contribution >= 0.6 is 0 Å². The van der Waals surface area contributed by atoms with Gasteiger partial charge in [-0.3, -0.25) is 9.59 Å². The number of rotatable bonds is 5. The number of nitrogens with zero attached hydrogens (tertiary/aromatic N) is 1. The van der Waals surface area contributed by atoms with Crippen molar-refractivity contribution in [1.82, 2.24) is 4.90 Å². The third-order valence-electron chi connectivity index (χ3n) is 6.24. The van der Waals surface area contributed by atoms with Crippen molar-refractivity contribution >= 4 is 17.5 Å². The molecule has 4 heteroatoms. The summed E-state index contributed by atoms with van der Waals surface area (Å²) in [6, 6.07) is 26.0. The van der Waals surface area contributed by atoms with Gasteiger partial charge >= 0.3 is 0 Å². The predicted octanol–water partition coefficient (Wildman–Crippen LogP) is 5.97. The van der Waals surface area contributed by atoms with Gasteiger partial charge in [0.2, 0.25) is 5.91 Å². The number of amides is 2. The van der Waals surface area contributed by atoms with Crippen molar-refractivity contribution in [2.24, 2.45) is 5.92 Å². The highest BCUT2D eigenvalue weighted by Crippen LogP contribution is 2.24. The Kier molecular flexibility index (Phi) is 6.69. The van der Waals surface area contributed by atoms with E-state index in [0.717, 1.165) is 16.8 Å². The highest BCUT2D eigenvalue weighted by Gasteiger charge is 2.28. The summed E-state index contributed by atoms with van der Waals surface area (Å²) in [4.78, 5) is 27.5. The van der Waals surface area contributed by atoms with Crippen LogP contribution in [0, 0.1) is 5.92 Å². The number of piperidine rings is 1. The highest BCUT2D eigenvalue weighted by molar-refractivity contribution is 5.95. The first-order valence-corrected chi connectivity index (χ1v) is 11.4. The number of carbonyl (C=O) groups is 2. The lowest BCUT2D eigenvalue weighted by Gasteiger charge is -2.31. The van der Waals surface area contributed by atoms with E-state index >= 15 is 0 Å². The van der Waals surface area contributed by atoms with Crippen molar-refractivity contribution in [1.29, 1.82) is 0 Å². The first kappa shape index (κ1) is 21.8. The molecule has 0 saturated carbocycles. The molecule has 1 N–H and O–H groups in total. The van der Waals surface area contributed by atoms with Gasteiger partial charge < -0.3 is 10.2 Å². The number of hydrogen-bond donors (Lipinski definition) is 1. The van der Waals surface area contributed by atoms with E-state index in [0.29, 0.717) is 37.4 Å². The van der Waals surface area contributed by atoms with Crippen LogP contribution in [0.4, 0.5) is 5.69 Å². The molecule has 0 atom stereocenters. The lowest BCUT2D eigenvalue weighted by atomic mass is 9.95. The summed E-state index contributed by atoms with van der Waals surface area (Å²) in [6.07, 6.45) is 1.37. The fourth-order valence-corrected chi connectivity index (χ4v) is 4.16. The van der Waals surface area contributed by atoms with E-state index in [1.807, 2.05) is 59.5 Å². The SMILES string of the molecule is CC(C)c1ccc(NC(=O)C2CCN(C(=O)c3ccc(-c4ccccc4)cc3)CC2)cc1. The number of hydrogen-bond acceptors (Lipinski definition) is 2. The maximum Gasteiger partial charge on any atom is 0.253 e. The van der Waals surface area contributed by atoms with E-state index in [1.165, 1.54) is 5.56 Å². The zero-order valence-corrected chi connectivity index (χ0v) is 18.8. The molecule has 0 spiro atoms. The number of nitrogens with one attached hydrogen (secondary N) is 1. The molecule has 1 saturated heterocycles. The first-order chi connectivity index (χ1) is 15.5. The Morgan fingerprint density at radius 3 is 2.00 bits per heavy atom. The Hall–Kier alpha value is -3.40. The second kappa shape index (κ2) is 9.82. The summed E-state index contributed by atoms with van der Waals surface area (Å²) < 4.78 is 0. The maximum atomic E-state index is 12.9. The molecule has 2 amide bonds. The van der Waals surface area contributed by atoms with Crippen LogP contribution in [0.1, 0.15) is 48.5 Å². The molecule has 0 aromatic heterocycles. The molecule has 1 aliphatic heterocycles. The summed E-state index contributed by atoms with van der Waals surface area (Å²) >= 11 is 0. The quantitative estimate of drug-likeness (QED) is 0.547.